The minimum Gasteiger partial charge on any atom is -0.458 e. The van der Waals surface area contributed by atoms with Gasteiger partial charge >= 0.3 is 0 Å². The maximum absolute atomic E-state index is 11.4. The summed E-state index contributed by atoms with van der Waals surface area (Å²) in [6.45, 7) is -0.482. The van der Waals surface area contributed by atoms with Crippen LogP contribution in [0.3, 0.4) is 0 Å². The lowest BCUT2D eigenvalue weighted by Gasteiger charge is -2.20. The highest BCUT2D eigenvalue weighted by Crippen LogP contribution is 2.25. The molecule has 108 valence electrons. The zero-order chi connectivity index (χ0) is 14.7. The van der Waals surface area contributed by atoms with Gasteiger partial charge in [0.05, 0.1) is 12.6 Å². The molecule has 0 spiro atoms. The molecule has 0 aliphatic rings. The maximum atomic E-state index is 11.4. The number of nitrogens with one attached hydrogen (secondary N) is 1. The summed E-state index contributed by atoms with van der Waals surface area (Å²) < 4.78 is 5.48. The van der Waals surface area contributed by atoms with E-state index in [1.165, 1.54) is 0 Å². The van der Waals surface area contributed by atoms with Gasteiger partial charge in [-0.2, -0.15) is 0 Å². The quantitative estimate of drug-likeness (QED) is 0.734. The molecule has 5 nitrogen and oxygen atoms in total. The van der Waals surface area contributed by atoms with E-state index in [0.29, 0.717) is 5.58 Å². The molecule has 2 rings (SSSR count). The van der Waals surface area contributed by atoms with Gasteiger partial charge in [0.1, 0.15) is 17.4 Å². The highest BCUT2D eigenvalue weighted by molar-refractivity contribution is 6.53. The Labute approximate surface area is 125 Å². The predicted molar refractivity (Wildman–Crippen MR) is 75.7 cm³/mol. The van der Waals surface area contributed by atoms with E-state index >= 15 is 0 Å². The van der Waals surface area contributed by atoms with Crippen molar-refractivity contribution in [3.05, 3.63) is 36.1 Å². The zero-order valence-electron chi connectivity index (χ0n) is 10.3. The number of hydrogen-bond donors (Lipinski definition) is 3. The fourth-order valence-electron chi connectivity index (χ4n) is 1.82. The number of para-hydroxylation sites is 1. The van der Waals surface area contributed by atoms with Gasteiger partial charge in [0, 0.05) is 5.39 Å². The highest BCUT2D eigenvalue weighted by atomic mass is 35.5. The number of carbonyl (C=O) groups excluding carboxylic acids is 1. The van der Waals surface area contributed by atoms with E-state index < -0.39 is 29.5 Å². The normalized spacial score (nSPS) is 14.4. The van der Waals surface area contributed by atoms with E-state index in [2.05, 4.69) is 5.32 Å². The first kappa shape index (κ1) is 15.1. The predicted octanol–water partition coefficient (Wildman–Crippen LogP) is 1.75. The molecule has 1 aromatic carbocycles. The van der Waals surface area contributed by atoms with E-state index in [1.54, 1.807) is 18.2 Å². The Morgan fingerprint density at radius 1 is 1.35 bits per heavy atom. The van der Waals surface area contributed by atoms with Crippen molar-refractivity contribution in [3.63, 3.8) is 0 Å². The number of aliphatic hydroxyl groups excluding tert-OH is 2. The summed E-state index contributed by atoms with van der Waals surface area (Å²) in [5, 5.41) is 22.6. The van der Waals surface area contributed by atoms with Crippen LogP contribution in [0.4, 0.5) is 0 Å². The number of benzene rings is 1. The standard InChI is InChI=1S/C13H13Cl2NO4/c14-12(15)13(19)16-8(6-17)11(18)10-5-7-3-1-2-4-9(7)20-10/h1-5,8,11-12,17-18H,6H2,(H,16,19). The maximum Gasteiger partial charge on any atom is 0.253 e. The monoisotopic (exact) mass is 317 g/mol. The molecule has 0 bridgehead atoms. The Hall–Kier alpha value is -1.27. The molecule has 3 N–H and O–H groups in total. The molecule has 0 aliphatic heterocycles. The SMILES string of the molecule is O=C(NC(CO)C(O)c1cc2ccccc2o1)C(Cl)Cl. The molecule has 1 amide bonds. The third-order valence-electron chi connectivity index (χ3n) is 2.84. The number of amides is 1. The Morgan fingerprint density at radius 2 is 2.05 bits per heavy atom. The minimum absolute atomic E-state index is 0.242. The summed E-state index contributed by atoms with van der Waals surface area (Å²) in [7, 11) is 0. The molecule has 2 aromatic rings. The average molecular weight is 318 g/mol. The lowest BCUT2D eigenvalue weighted by Crippen LogP contribution is -2.44. The van der Waals surface area contributed by atoms with Crippen LogP contribution in [-0.2, 0) is 4.79 Å². The van der Waals surface area contributed by atoms with Gasteiger partial charge in [0.2, 0.25) is 0 Å². The molecule has 0 saturated heterocycles. The summed E-state index contributed by atoms with van der Waals surface area (Å²) in [4.78, 5) is 10.1. The van der Waals surface area contributed by atoms with Crippen molar-refractivity contribution in [1.82, 2.24) is 5.32 Å². The molecular weight excluding hydrogens is 305 g/mol. The Balaban J connectivity index is 2.19. The van der Waals surface area contributed by atoms with Crippen molar-refractivity contribution in [3.8, 4) is 0 Å². The van der Waals surface area contributed by atoms with Gasteiger partial charge in [-0.05, 0) is 12.1 Å². The number of hydrogen-bond acceptors (Lipinski definition) is 4. The summed E-state index contributed by atoms with van der Waals surface area (Å²) >= 11 is 10.8. The van der Waals surface area contributed by atoms with Crippen molar-refractivity contribution in [1.29, 1.82) is 0 Å². The number of furan rings is 1. The number of fused-ring (bicyclic) bond motifs is 1. The number of aliphatic hydroxyl groups is 2. The molecule has 0 aliphatic carbocycles. The molecule has 1 heterocycles. The lowest BCUT2D eigenvalue weighted by atomic mass is 10.1. The average Bonchev–Trinajstić information content (AvgIpc) is 2.87. The van der Waals surface area contributed by atoms with Gasteiger partial charge in [-0.3, -0.25) is 4.79 Å². The van der Waals surface area contributed by atoms with Crippen molar-refractivity contribution >= 4 is 40.1 Å². The number of alkyl halides is 2. The third-order valence-corrected chi connectivity index (χ3v) is 3.24. The van der Waals surface area contributed by atoms with Crippen LogP contribution in [0.25, 0.3) is 11.0 Å². The molecule has 0 radical (unpaired) electrons. The molecule has 20 heavy (non-hydrogen) atoms. The van der Waals surface area contributed by atoms with E-state index in [4.69, 9.17) is 27.6 Å². The van der Waals surface area contributed by atoms with Gasteiger partial charge in [-0.1, -0.05) is 41.4 Å². The minimum atomic E-state index is -1.27. The Kier molecular flexibility index (Phi) is 4.88. The fraction of sp³-hybridized carbons (Fsp3) is 0.308. The first-order valence-corrected chi connectivity index (χ1v) is 6.76. The van der Waals surface area contributed by atoms with Gasteiger partial charge in [-0.25, -0.2) is 0 Å². The third kappa shape index (κ3) is 3.24. The Bertz CT molecular complexity index is 566. The summed E-state index contributed by atoms with van der Waals surface area (Å²) in [5.41, 5.74) is 0.608. The summed E-state index contributed by atoms with van der Waals surface area (Å²) in [6, 6.07) is 7.92. The number of carbonyl (C=O) groups is 1. The van der Waals surface area contributed by atoms with Crippen LogP contribution in [0.5, 0.6) is 0 Å². The van der Waals surface area contributed by atoms with Crippen LogP contribution in [0, 0.1) is 0 Å². The Morgan fingerprint density at radius 3 is 2.65 bits per heavy atom. The van der Waals surface area contributed by atoms with E-state index in [9.17, 15) is 15.0 Å². The molecule has 0 fully saturated rings. The molecule has 2 unspecified atom stereocenters. The summed E-state index contributed by atoms with van der Waals surface area (Å²) in [5.74, 6) is -0.450. The van der Waals surface area contributed by atoms with E-state index in [1.807, 2.05) is 12.1 Å². The van der Waals surface area contributed by atoms with Crippen LogP contribution in [0.1, 0.15) is 11.9 Å². The highest BCUT2D eigenvalue weighted by Gasteiger charge is 2.26. The second-order valence-corrected chi connectivity index (χ2v) is 5.33. The zero-order valence-corrected chi connectivity index (χ0v) is 11.8. The first-order chi connectivity index (χ1) is 9.52. The molecule has 2 atom stereocenters. The van der Waals surface area contributed by atoms with Gasteiger partial charge in [-0.15, -0.1) is 0 Å². The van der Waals surface area contributed by atoms with Crippen molar-refractivity contribution in [2.24, 2.45) is 0 Å². The molecule has 7 heteroatoms. The van der Waals surface area contributed by atoms with Crippen LogP contribution in [-0.4, -0.2) is 33.6 Å². The molecule has 0 saturated carbocycles. The van der Waals surface area contributed by atoms with Crippen molar-refractivity contribution in [2.75, 3.05) is 6.61 Å². The van der Waals surface area contributed by atoms with E-state index in [0.717, 1.165) is 5.39 Å². The topological polar surface area (TPSA) is 82.7 Å². The van der Waals surface area contributed by atoms with Crippen LogP contribution in [0.15, 0.2) is 34.7 Å². The van der Waals surface area contributed by atoms with Gasteiger partial charge in [0.25, 0.3) is 5.91 Å². The van der Waals surface area contributed by atoms with E-state index in [-0.39, 0.29) is 5.76 Å². The second kappa shape index (κ2) is 6.45. The van der Waals surface area contributed by atoms with Gasteiger partial charge < -0.3 is 19.9 Å². The van der Waals surface area contributed by atoms with Gasteiger partial charge in [0.15, 0.2) is 4.84 Å². The first-order valence-electron chi connectivity index (χ1n) is 5.89. The largest absolute Gasteiger partial charge is 0.458 e. The number of rotatable bonds is 5. The fourth-order valence-corrected chi connectivity index (χ4v) is 1.94. The van der Waals surface area contributed by atoms with Crippen LogP contribution >= 0.6 is 23.2 Å². The second-order valence-electron chi connectivity index (χ2n) is 4.23. The van der Waals surface area contributed by atoms with Crippen molar-refractivity contribution in [2.45, 2.75) is 17.0 Å². The molecule has 1 aromatic heterocycles. The lowest BCUT2D eigenvalue weighted by molar-refractivity contribution is -0.121. The van der Waals surface area contributed by atoms with Crippen molar-refractivity contribution < 1.29 is 19.4 Å². The van der Waals surface area contributed by atoms with Crippen LogP contribution < -0.4 is 5.32 Å². The number of halogens is 2. The van der Waals surface area contributed by atoms with Crippen LogP contribution in [0.2, 0.25) is 0 Å². The smallest absolute Gasteiger partial charge is 0.253 e. The summed E-state index contributed by atoms with van der Waals surface area (Å²) in [6.07, 6.45) is -1.21. The molecular formula is C13H13Cl2NO4.